The summed E-state index contributed by atoms with van der Waals surface area (Å²) in [6, 6.07) is 7.75. The molecule has 28 heavy (non-hydrogen) atoms. The topological polar surface area (TPSA) is 0 Å². The summed E-state index contributed by atoms with van der Waals surface area (Å²) >= 11 is 5.91. The van der Waals surface area contributed by atoms with Gasteiger partial charge < -0.3 is 0 Å². The molecule has 0 aliphatic heterocycles. The van der Waals surface area contributed by atoms with E-state index in [4.69, 9.17) is 11.6 Å². The lowest BCUT2D eigenvalue weighted by atomic mass is 9.68. The Morgan fingerprint density at radius 3 is 2.18 bits per heavy atom. The summed E-state index contributed by atoms with van der Waals surface area (Å²) in [5, 5.41) is 0.767. The van der Waals surface area contributed by atoms with Crippen molar-refractivity contribution in [3.8, 4) is 11.8 Å². The number of hydrogen-bond donors (Lipinski definition) is 0. The highest BCUT2D eigenvalue weighted by atomic mass is 35.5. The lowest BCUT2D eigenvalue weighted by molar-refractivity contribution is 0.151. The summed E-state index contributed by atoms with van der Waals surface area (Å²) in [4.78, 5) is 0. The van der Waals surface area contributed by atoms with Crippen LogP contribution in [0.4, 0.5) is 0 Å². The third-order valence-electron chi connectivity index (χ3n) is 7.10. The fraction of sp³-hybridized carbons (Fsp3) is 0.630. The van der Waals surface area contributed by atoms with Crippen molar-refractivity contribution in [3.63, 3.8) is 0 Å². The van der Waals surface area contributed by atoms with E-state index in [0.29, 0.717) is 0 Å². The maximum absolute atomic E-state index is 5.91. The molecule has 3 rings (SSSR count). The quantitative estimate of drug-likeness (QED) is 0.334. The van der Waals surface area contributed by atoms with Gasteiger partial charge in [-0.3, -0.25) is 0 Å². The zero-order valence-corrected chi connectivity index (χ0v) is 18.4. The number of allylic oxidation sites excluding steroid dienone is 2. The van der Waals surface area contributed by atoms with Gasteiger partial charge in [-0.05, 0) is 92.5 Å². The summed E-state index contributed by atoms with van der Waals surface area (Å²) in [6.07, 6.45) is 21.8. The minimum atomic E-state index is 0.737. The van der Waals surface area contributed by atoms with E-state index >= 15 is 0 Å². The molecule has 0 atom stereocenters. The summed E-state index contributed by atoms with van der Waals surface area (Å²) in [6.45, 7) is 2.31. The maximum atomic E-state index is 5.91. The minimum absolute atomic E-state index is 0.737. The van der Waals surface area contributed by atoms with Gasteiger partial charge in [-0.25, -0.2) is 0 Å². The van der Waals surface area contributed by atoms with Crippen LogP contribution in [0.5, 0.6) is 0 Å². The smallest absolute Gasteiger partial charge is 0.0406 e. The number of hydrogen-bond acceptors (Lipinski definition) is 0. The highest BCUT2D eigenvalue weighted by Crippen LogP contribution is 2.42. The second kappa shape index (κ2) is 11.7. The van der Waals surface area contributed by atoms with Crippen molar-refractivity contribution in [2.24, 2.45) is 23.7 Å². The van der Waals surface area contributed by atoms with Crippen molar-refractivity contribution in [2.45, 2.75) is 84.0 Å². The first-order valence-electron chi connectivity index (χ1n) is 11.7. The summed E-state index contributed by atoms with van der Waals surface area (Å²) in [7, 11) is 0. The molecular weight excluding hydrogens is 360 g/mol. The molecule has 2 aliphatic rings. The van der Waals surface area contributed by atoms with Crippen molar-refractivity contribution >= 4 is 11.6 Å². The van der Waals surface area contributed by atoms with E-state index < -0.39 is 0 Å². The zero-order chi connectivity index (χ0) is 19.6. The zero-order valence-electron chi connectivity index (χ0n) is 17.6. The van der Waals surface area contributed by atoms with E-state index in [2.05, 4.69) is 30.9 Å². The molecule has 0 nitrogen and oxygen atoms in total. The van der Waals surface area contributed by atoms with Crippen molar-refractivity contribution in [1.82, 2.24) is 0 Å². The monoisotopic (exact) mass is 396 g/mol. The largest absolute Gasteiger partial charge is 0.0843 e. The highest BCUT2D eigenvalue weighted by molar-refractivity contribution is 6.30. The van der Waals surface area contributed by atoms with E-state index in [-0.39, 0.29) is 0 Å². The molecule has 0 N–H and O–H groups in total. The molecule has 0 amide bonds. The van der Waals surface area contributed by atoms with E-state index in [1.807, 2.05) is 24.3 Å². The second-order valence-corrected chi connectivity index (χ2v) is 9.52. The first kappa shape index (κ1) is 21.5. The van der Waals surface area contributed by atoms with Crippen LogP contribution < -0.4 is 0 Å². The van der Waals surface area contributed by atoms with E-state index in [0.717, 1.165) is 34.3 Å². The lowest BCUT2D eigenvalue weighted by Crippen LogP contribution is -2.25. The average Bonchev–Trinajstić information content (AvgIpc) is 2.74. The fourth-order valence-corrected chi connectivity index (χ4v) is 5.41. The standard InChI is InChI=1S/C27H37Cl/c1-2-3-4-7-22-10-16-25(17-11-22)26-18-12-23(13-19-26)8-5-6-9-24-14-20-27(28)21-15-24/h5,8,14-15,20-23,25-26H,2-4,7,10-13,16-19H2,1H3/b8-5+/t22-,23?,25-,26?. The number of unbranched alkanes of at least 4 members (excludes halogenated alkanes) is 2. The molecule has 0 aromatic heterocycles. The molecule has 152 valence electrons. The van der Waals surface area contributed by atoms with Crippen LogP contribution in [0, 0.1) is 35.5 Å². The van der Waals surface area contributed by atoms with Crippen molar-refractivity contribution in [1.29, 1.82) is 0 Å². The number of halogens is 1. The third-order valence-corrected chi connectivity index (χ3v) is 7.35. The first-order valence-corrected chi connectivity index (χ1v) is 12.1. The Bertz CT molecular complexity index is 644. The molecule has 2 saturated carbocycles. The molecule has 1 aromatic carbocycles. The van der Waals surface area contributed by atoms with Crippen LogP contribution in [0.1, 0.15) is 89.5 Å². The summed E-state index contributed by atoms with van der Waals surface area (Å²) < 4.78 is 0. The highest BCUT2D eigenvalue weighted by Gasteiger charge is 2.30. The minimum Gasteiger partial charge on any atom is -0.0843 e. The van der Waals surface area contributed by atoms with Gasteiger partial charge in [0.25, 0.3) is 0 Å². The predicted molar refractivity (Wildman–Crippen MR) is 123 cm³/mol. The van der Waals surface area contributed by atoms with Crippen molar-refractivity contribution < 1.29 is 0 Å². The molecule has 0 unspecified atom stereocenters. The van der Waals surface area contributed by atoms with Crippen LogP contribution >= 0.6 is 11.6 Å². The Morgan fingerprint density at radius 1 is 0.893 bits per heavy atom. The van der Waals surface area contributed by atoms with E-state index in [1.54, 1.807) is 0 Å². The maximum Gasteiger partial charge on any atom is 0.0406 e. The average molecular weight is 397 g/mol. The fourth-order valence-electron chi connectivity index (χ4n) is 5.28. The molecular formula is C27H37Cl. The van der Waals surface area contributed by atoms with E-state index in [9.17, 15) is 0 Å². The third kappa shape index (κ3) is 7.00. The molecule has 0 radical (unpaired) electrons. The number of benzene rings is 1. The summed E-state index contributed by atoms with van der Waals surface area (Å²) in [5.74, 6) is 10.2. The molecule has 0 bridgehead atoms. The van der Waals surface area contributed by atoms with Crippen molar-refractivity contribution in [2.75, 3.05) is 0 Å². The Hall–Kier alpha value is -1.19. The van der Waals surface area contributed by atoms with E-state index in [1.165, 1.54) is 77.0 Å². The number of rotatable bonds is 6. The van der Waals surface area contributed by atoms with Gasteiger partial charge in [-0.2, -0.15) is 0 Å². The van der Waals surface area contributed by atoms with Gasteiger partial charge in [0.1, 0.15) is 0 Å². The molecule has 1 heteroatoms. The lowest BCUT2D eigenvalue weighted by Gasteiger charge is -2.37. The van der Waals surface area contributed by atoms with Gasteiger partial charge in [0.05, 0.1) is 0 Å². The van der Waals surface area contributed by atoms with Crippen LogP contribution in [0.2, 0.25) is 5.02 Å². The van der Waals surface area contributed by atoms with Crippen LogP contribution in [0.15, 0.2) is 36.4 Å². The molecule has 2 aliphatic carbocycles. The van der Waals surface area contributed by atoms with Gasteiger partial charge in [0, 0.05) is 10.6 Å². The molecule has 0 saturated heterocycles. The predicted octanol–water partition coefficient (Wildman–Crippen LogP) is 8.44. The normalized spacial score (nSPS) is 28.1. The van der Waals surface area contributed by atoms with Gasteiger partial charge in [0.15, 0.2) is 0 Å². The van der Waals surface area contributed by atoms with Gasteiger partial charge in [-0.15, -0.1) is 0 Å². The Balaban J connectivity index is 1.35. The molecule has 1 aromatic rings. The van der Waals surface area contributed by atoms with Gasteiger partial charge in [0.2, 0.25) is 0 Å². The Morgan fingerprint density at radius 2 is 1.54 bits per heavy atom. The Kier molecular flexibility index (Phi) is 9.01. The van der Waals surface area contributed by atoms with Crippen LogP contribution in [0.3, 0.4) is 0 Å². The van der Waals surface area contributed by atoms with Crippen LogP contribution in [-0.2, 0) is 0 Å². The Labute approximate surface area is 178 Å². The van der Waals surface area contributed by atoms with Crippen LogP contribution in [0.25, 0.3) is 0 Å². The van der Waals surface area contributed by atoms with Crippen LogP contribution in [-0.4, -0.2) is 0 Å². The molecule has 2 fully saturated rings. The molecule has 0 heterocycles. The summed E-state index contributed by atoms with van der Waals surface area (Å²) in [5.41, 5.74) is 1.03. The van der Waals surface area contributed by atoms with Gasteiger partial charge >= 0.3 is 0 Å². The van der Waals surface area contributed by atoms with Gasteiger partial charge in [-0.1, -0.05) is 75.0 Å². The first-order chi connectivity index (χ1) is 13.7. The second-order valence-electron chi connectivity index (χ2n) is 9.09. The SMILES string of the molecule is CCCCC[C@H]1CC[C@H](C2CCC(/C=C/C#Cc3ccc(Cl)cc3)CC2)CC1. The molecule has 0 spiro atoms. The van der Waals surface area contributed by atoms with Crippen molar-refractivity contribution in [3.05, 3.63) is 47.0 Å².